The van der Waals surface area contributed by atoms with Crippen LogP contribution in [0.3, 0.4) is 0 Å². The number of hydrogen-bond acceptors (Lipinski definition) is 3. The predicted molar refractivity (Wildman–Crippen MR) is 52.9 cm³/mol. The molecule has 4 nitrogen and oxygen atoms in total. The number of likely N-dealkylation sites (tertiary alicyclic amines) is 1. The molecule has 2 amide bonds. The minimum Gasteiger partial charge on any atom is -0.508 e. The van der Waals surface area contributed by atoms with E-state index in [0.29, 0.717) is 19.4 Å². The molecule has 1 aliphatic heterocycles. The summed E-state index contributed by atoms with van der Waals surface area (Å²) in [5.74, 6) is -0.0565. The van der Waals surface area contributed by atoms with Crippen LogP contribution in [0.5, 0.6) is 5.75 Å². The molecule has 0 aliphatic carbocycles. The van der Waals surface area contributed by atoms with Crippen LogP contribution in [0.4, 0.5) is 0 Å². The van der Waals surface area contributed by atoms with Gasteiger partial charge in [-0.05, 0) is 17.7 Å². The van der Waals surface area contributed by atoms with Crippen LogP contribution in [0.15, 0.2) is 24.3 Å². The van der Waals surface area contributed by atoms with Crippen molar-refractivity contribution in [2.75, 3.05) is 0 Å². The zero-order valence-electron chi connectivity index (χ0n) is 8.14. The summed E-state index contributed by atoms with van der Waals surface area (Å²) in [5, 5.41) is 9.07. The van der Waals surface area contributed by atoms with E-state index >= 15 is 0 Å². The third-order valence-electron chi connectivity index (χ3n) is 2.43. The Kier molecular flexibility index (Phi) is 2.41. The van der Waals surface area contributed by atoms with Gasteiger partial charge in [0.25, 0.3) is 0 Å². The molecule has 0 aromatic heterocycles. The van der Waals surface area contributed by atoms with Crippen LogP contribution in [0, 0.1) is 0 Å². The summed E-state index contributed by atoms with van der Waals surface area (Å²) in [7, 11) is 0. The number of carbonyl (C=O) groups excluding carboxylic acids is 2. The quantitative estimate of drug-likeness (QED) is 0.734. The Bertz CT molecular complexity index is 381. The first-order chi connectivity index (χ1) is 7.16. The molecule has 15 heavy (non-hydrogen) atoms. The highest BCUT2D eigenvalue weighted by Gasteiger charge is 2.28. The van der Waals surface area contributed by atoms with E-state index in [9.17, 15) is 9.59 Å². The Balaban J connectivity index is 2.11. The van der Waals surface area contributed by atoms with Gasteiger partial charge in [-0.3, -0.25) is 14.5 Å². The number of carbonyl (C=O) groups is 2. The average molecular weight is 205 g/mol. The minimum atomic E-state index is -0.118. The number of nitrogens with zero attached hydrogens (tertiary/aromatic N) is 1. The fraction of sp³-hybridized carbons (Fsp3) is 0.273. The molecule has 78 valence electrons. The van der Waals surface area contributed by atoms with Gasteiger partial charge in [-0.2, -0.15) is 0 Å². The Labute approximate surface area is 87.1 Å². The lowest BCUT2D eigenvalue weighted by atomic mass is 10.2. The predicted octanol–water partition coefficient (Wildman–Crippen LogP) is 1.04. The molecule has 0 bridgehead atoms. The van der Waals surface area contributed by atoms with E-state index in [-0.39, 0.29) is 17.6 Å². The van der Waals surface area contributed by atoms with Crippen LogP contribution >= 0.6 is 0 Å². The Morgan fingerprint density at radius 2 is 1.60 bits per heavy atom. The third kappa shape index (κ3) is 1.98. The second-order valence-corrected chi connectivity index (χ2v) is 3.54. The van der Waals surface area contributed by atoms with Crippen molar-refractivity contribution in [2.24, 2.45) is 0 Å². The highest BCUT2D eigenvalue weighted by Crippen LogP contribution is 2.17. The second kappa shape index (κ2) is 3.73. The van der Waals surface area contributed by atoms with Crippen molar-refractivity contribution in [3.8, 4) is 5.75 Å². The molecule has 0 atom stereocenters. The van der Waals surface area contributed by atoms with Gasteiger partial charge in [-0.15, -0.1) is 0 Å². The molecule has 0 radical (unpaired) electrons. The molecule has 1 aromatic rings. The number of imide groups is 1. The maximum Gasteiger partial charge on any atom is 0.229 e. The number of aromatic hydroxyl groups is 1. The molecule has 1 heterocycles. The molecule has 0 spiro atoms. The van der Waals surface area contributed by atoms with Gasteiger partial charge in [0.05, 0.1) is 6.54 Å². The van der Waals surface area contributed by atoms with Crippen molar-refractivity contribution in [3.63, 3.8) is 0 Å². The summed E-state index contributed by atoms with van der Waals surface area (Å²) < 4.78 is 0. The first-order valence-electron chi connectivity index (χ1n) is 4.78. The first-order valence-corrected chi connectivity index (χ1v) is 4.78. The van der Waals surface area contributed by atoms with Gasteiger partial charge < -0.3 is 5.11 Å². The van der Waals surface area contributed by atoms with E-state index in [0.717, 1.165) is 5.56 Å². The topological polar surface area (TPSA) is 57.6 Å². The molecular formula is C11H11NO3. The normalized spacial score (nSPS) is 16.1. The Hall–Kier alpha value is -1.84. The molecule has 1 aromatic carbocycles. The number of phenolic OH excluding ortho intramolecular Hbond substituents is 1. The summed E-state index contributed by atoms with van der Waals surface area (Å²) in [5.41, 5.74) is 0.844. The van der Waals surface area contributed by atoms with Crippen molar-refractivity contribution in [2.45, 2.75) is 19.4 Å². The highest BCUT2D eigenvalue weighted by atomic mass is 16.3. The van der Waals surface area contributed by atoms with Gasteiger partial charge >= 0.3 is 0 Å². The van der Waals surface area contributed by atoms with Crippen molar-refractivity contribution in [3.05, 3.63) is 29.8 Å². The Morgan fingerprint density at radius 3 is 2.13 bits per heavy atom. The molecule has 2 rings (SSSR count). The number of amides is 2. The summed E-state index contributed by atoms with van der Waals surface area (Å²) in [6.45, 7) is 0.304. The molecular weight excluding hydrogens is 194 g/mol. The fourth-order valence-corrected chi connectivity index (χ4v) is 1.58. The standard InChI is InChI=1S/C11H11NO3/c13-9-3-1-8(2-4-9)7-12-10(14)5-6-11(12)15/h1-4,13H,5-7H2. The molecule has 1 aliphatic rings. The van der Waals surface area contributed by atoms with Gasteiger partial charge in [0.1, 0.15) is 5.75 Å². The number of hydrogen-bond donors (Lipinski definition) is 1. The Morgan fingerprint density at radius 1 is 1.07 bits per heavy atom. The van der Waals surface area contributed by atoms with E-state index in [1.165, 1.54) is 4.90 Å². The largest absolute Gasteiger partial charge is 0.508 e. The van der Waals surface area contributed by atoms with Crippen molar-refractivity contribution in [1.29, 1.82) is 0 Å². The third-order valence-corrected chi connectivity index (χ3v) is 2.43. The lowest BCUT2D eigenvalue weighted by Crippen LogP contribution is -2.28. The van der Waals surface area contributed by atoms with Crippen LogP contribution in [-0.4, -0.2) is 21.8 Å². The maximum absolute atomic E-state index is 11.3. The van der Waals surface area contributed by atoms with Crippen LogP contribution in [-0.2, 0) is 16.1 Å². The zero-order chi connectivity index (χ0) is 10.8. The van der Waals surface area contributed by atoms with Gasteiger partial charge in [0, 0.05) is 12.8 Å². The summed E-state index contributed by atoms with van der Waals surface area (Å²) in [6, 6.07) is 6.49. The number of phenols is 1. The number of benzene rings is 1. The SMILES string of the molecule is O=C1CCC(=O)N1Cc1ccc(O)cc1. The molecule has 0 unspecified atom stereocenters. The highest BCUT2D eigenvalue weighted by molar-refractivity contribution is 6.01. The van der Waals surface area contributed by atoms with E-state index < -0.39 is 0 Å². The summed E-state index contributed by atoms with van der Waals surface area (Å²) >= 11 is 0. The van der Waals surface area contributed by atoms with E-state index in [1.54, 1.807) is 24.3 Å². The van der Waals surface area contributed by atoms with Crippen molar-refractivity contribution in [1.82, 2.24) is 4.90 Å². The molecule has 4 heteroatoms. The molecule has 1 saturated heterocycles. The van der Waals surface area contributed by atoms with Crippen molar-refractivity contribution < 1.29 is 14.7 Å². The molecule has 0 saturated carbocycles. The number of rotatable bonds is 2. The fourth-order valence-electron chi connectivity index (χ4n) is 1.58. The first kappa shape index (κ1) is 9.71. The lowest BCUT2D eigenvalue weighted by molar-refractivity contribution is -0.139. The minimum absolute atomic E-state index is 0.118. The van der Waals surface area contributed by atoms with Gasteiger partial charge in [0.15, 0.2) is 0 Å². The smallest absolute Gasteiger partial charge is 0.229 e. The summed E-state index contributed by atoms with van der Waals surface area (Å²) in [6.07, 6.45) is 0.633. The zero-order valence-corrected chi connectivity index (χ0v) is 8.14. The second-order valence-electron chi connectivity index (χ2n) is 3.54. The van der Waals surface area contributed by atoms with Gasteiger partial charge in [-0.1, -0.05) is 12.1 Å². The van der Waals surface area contributed by atoms with E-state index in [4.69, 9.17) is 5.11 Å². The van der Waals surface area contributed by atoms with Crippen LogP contribution in [0.1, 0.15) is 18.4 Å². The van der Waals surface area contributed by atoms with Gasteiger partial charge in [0.2, 0.25) is 11.8 Å². The average Bonchev–Trinajstić information content (AvgIpc) is 2.53. The van der Waals surface area contributed by atoms with E-state index in [2.05, 4.69) is 0 Å². The molecule has 1 fully saturated rings. The van der Waals surface area contributed by atoms with Crippen LogP contribution < -0.4 is 0 Å². The molecule has 1 N–H and O–H groups in total. The lowest BCUT2D eigenvalue weighted by Gasteiger charge is -2.13. The van der Waals surface area contributed by atoms with Crippen LogP contribution in [0.25, 0.3) is 0 Å². The van der Waals surface area contributed by atoms with Crippen LogP contribution in [0.2, 0.25) is 0 Å². The maximum atomic E-state index is 11.3. The summed E-state index contributed by atoms with van der Waals surface area (Å²) in [4.78, 5) is 23.9. The monoisotopic (exact) mass is 205 g/mol. The van der Waals surface area contributed by atoms with Crippen molar-refractivity contribution >= 4 is 11.8 Å². The van der Waals surface area contributed by atoms with E-state index in [1.807, 2.05) is 0 Å². The van der Waals surface area contributed by atoms with Gasteiger partial charge in [-0.25, -0.2) is 0 Å².